The molecule has 1 saturated heterocycles. The van der Waals surface area contributed by atoms with E-state index in [1.165, 1.54) is 0 Å². The van der Waals surface area contributed by atoms with Crippen LogP contribution >= 0.6 is 15.9 Å². The van der Waals surface area contributed by atoms with Gasteiger partial charge in [-0.05, 0) is 13.8 Å². The van der Waals surface area contributed by atoms with Gasteiger partial charge in [-0.2, -0.15) is 0 Å². The average Bonchev–Trinajstić information content (AvgIpc) is 2.80. The van der Waals surface area contributed by atoms with Crippen molar-refractivity contribution < 1.29 is 38.3 Å². The minimum Gasteiger partial charge on any atom is -0.462 e. The number of hydroxylamine groups is 2. The first-order valence-electron chi connectivity index (χ1n) is 7.19. The van der Waals surface area contributed by atoms with Crippen LogP contribution in [0.3, 0.4) is 0 Å². The Morgan fingerprint density at radius 1 is 1.00 bits per heavy atom. The summed E-state index contributed by atoms with van der Waals surface area (Å²) in [7, 11) is 0. The van der Waals surface area contributed by atoms with Crippen LogP contribution in [-0.4, -0.2) is 52.3 Å². The molecular weight excluding hydrogens is 390 g/mol. The molecule has 1 fully saturated rings. The lowest BCUT2D eigenvalue weighted by atomic mass is 10.2. The topological polar surface area (TPSA) is 116 Å². The van der Waals surface area contributed by atoms with Gasteiger partial charge in [-0.25, -0.2) is 4.79 Å². The van der Waals surface area contributed by atoms with Gasteiger partial charge in [0.1, 0.15) is 17.5 Å². The molecule has 10 heteroatoms. The lowest BCUT2D eigenvalue weighted by Gasteiger charge is -2.14. The molecule has 0 unspecified atom stereocenters. The molecule has 0 aromatic heterocycles. The number of carbonyl (C=O) groups is 5. The van der Waals surface area contributed by atoms with E-state index in [9.17, 15) is 24.0 Å². The first-order valence-corrected chi connectivity index (χ1v) is 7.99. The third-order valence-electron chi connectivity index (χ3n) is 2.80. The quantitative estimate of drug-likeness (QED) is 0.249. The van der Waals surface area contributed by atoms with Crippen LogP contribution in [0.2, 0.25) is 0 Å². The number of nitrogens with zero attached hydrogens (tertiary/aromatic N) is 1. The molecular formula is C14H18BrNO8. The summed E-state index contributed by atoms with van der Waals surface area (Å²) < 4.78 is 8.81. The highest BCUT2D eigenvalue weighted by molar-refractivity contribution is 9.10. The van der Waals surface area contributed by atoms with Crippen LogP contribution in [-0.2, 0) is 38.3 Å². The van der Waals surface area contributed by atoms with Gasteiger partial charge in [0.05, 0.1) is 12.8 Å². The molecule has 0 aromatic rings. The first kappa shape index (κ1) is 20.1. The molecule has 1 rings (SSSR count). The van der Waals surface area contributed by atoms with Crippen molar-refractivity contribution in [3.8, 4) is 0 Å². The van der Waals surface area contributed by atoms with Gasteiger partial charge in [-0.3, -0.25) is 19.2 Å². The Hall–Kier alpha value is -1.97. The lowest BCUT2D eigenvalue weighted by Crippen LogP contribution is -2.32. The maximum absolute atomic E-state index is 11.5. The SMILES string of the molecule is CC(C)(Br)C(=O)OCCOC(=O)CCC(=O)ON1C(=O)CCC1=O. The molecule has 1 aliphatic heterocycles. The Bertz CT molecular complexity index is 523. The van der Waals surface area contributed by atoms with Gasteiger partial charge in [0.2, 0.25) is 0 Å². The van der Waals surface area contributed by atoms with Gasteiger partial charge in [-0.15, -0.1) is 5.06 Å². The second kappa shape index (κ2) is 8.76. The van der Waals surface area contributed by atoms with E-state index in [0.29, 0.717) is 5.06 Å². The van der Waals surface area contributed by atoms with Crippen molar-refractivity contribution in [1.82, 2.24) is 5.06 Å². The molecule has 0 aliphatic carbocycles. The van der Waals surface area contributed by atoms with Crippen LogP contribution in [0.4, 0.5) is 0 Å². The van der Waals surface area contributed by atoms with Crippen molar-refractivity contribution in [2.75, 3.05) is 13.2 Å². The fraction of sp³-hybridized carbons (Fsp3) is 0.643. The number of alkyl halides is 1. The van der Waals surface area contributed by atoms with Gasteiger partial charge in [0.15, 0.2) is 0 Å². The highest BCUT2D eigenvalue weighted by atomic mass is 79.9. The summed E-state index contributed by atoms with van der Waals surface area (Å²) in [5, 5.41) is 0.412. The Balaban J connectivity index is 2.17. The molecule has 0 spiro atoms. The largest absolute Gasteiger partial charge is 0.462 e. The Morgan fingerprint density at radius 3 is 2.04 bits per heavy atom. The Morgan fingerprint density at radius 2 is 1.50 bits per heavy atom. The number of hydrogen-bond donors (Lipinski definition) is 0. The zero-order valence-corrected chi connectivity index (χ0v) is 14.9. The molecule has 1 aliphatic rings. The van der Waals surface area contributed by atoms with Crippen molar-refractivity contribution in [1.29, 1.82) is 0 Å². The standard InChI is InChI=1S/C14H18BrNO8/c1-14(2,15)13(21)23-8-7-22-11(19)5-6-12(20)24-16-9(17)3-4-10(16)18/h3-8H2,1-2H3. The van der Waals surface area contributed by atoms with E-state index < -0.39 is 34.0 Å². The molecule has 0 N–H and O–H groups in total. The molecule has 134 valence electrons. The van der Waals surface area contributed by atoms with E-state index >= 15 is 0 Å². The van der Waals surface area contributed by atoms with Gasteiger partial charge >= 0.3 is 17.9 Å². The second-order valence-corrected chi connectivity index (χ2v) is 7.36. The summed E-state index contributed by atoms with van der Waals surface area (Å²) >= 11 is 3.12. The van der Waals surface area contributed by atoms with Crippen LogP contribution in [0.1, 0.15) is 39.5 Å². The molecule has 2 amide bonds. The summed E-state index contributed by atoms with van der Waals surface area (Å²) in [5.74, 6) is -3.26. The van der Waals surface area contributed by atoms with E-state index in [0.717, 1.165) is 0 Å². The highest BCUT2D eigenvalue weighted by Gasteiger charge is 2.32. The molecule has 0 aromatic carbocycles. The monoisotopic (exact) mass is 407 g/mol. The van der Waals surface area contributed by atoms with Crippen molar-refractivity contribution in [3.63, 3.8) is 0 Å². The van der Waals surface area contributed by atoms with Gasteiger partial charge in [0.25, 0.3) is 11.8 Å². The molecule has 1 heterocycles. The maximum Gasteiger partial charge on any atom is 0.333 e. The van der Waals surface area contributed by atoms with E-state index in [4.69, 9.17) is 9.47 Å². The molecule has 0 atom stereocenters. The second-order valence-electron chi connectivity index (χ2n) is 5.37. The molecule has 0 radical (unpaired) electrons. The fourth-order valence-corrected chi connectivity index (χ4v) is 1.66. The summed E-state index contributed by atoms with van der Waals surface area (Å²) in [5.41, 5.74) is 0. The van der Waals surface area contributed by atoms with Gasteiger partial charge in [0, 0.05) is 12.8 Å². The minimum absolute atomic E-state index is 0.00190. The molecule has 9 nitrogen and oxygen atoms in total. The number of imide groups is 1. The highest BCUT2D eigenvalue weighted by Crippen LogP contribution is 2.17. The van der Waals surface area contributed by atoms with Crippen LogP contribution in [0.5, 0.6) is 0 Å². The number of carbonyl (C=O) groups excluding carboxylic acids is 5. The Labute approximate surface area is 146 Å². The first-order chi connectivity index (χ1) is 11.1. The number of halogens is 1. The fourth-order valence-electron chi connectivity index (χ4n) is 1.54. The van der Waals surface area contributed by atoms with Crippen LogP contribution in [0, 0.1) is 0 Å². The summed E-state index contributed by atoms with van der Waals surface area (Å²) in [6, 6.07) is 0. The zero-order chi connectivity index (χ0) is 18.3. The maximum atomic E-state index is 11.5. The van der Waals surface area contributed by atoms with Crippen LogP contribution in [0.25, 0.3) is 0 Å². The smallest absolute Gasteiger partial charge is 0.333 e. The summed E-state index contributed by atoms with van der Waals surface area (Å²) in [6.07, 6.45) is -0.632. The molecule has 24 heavy (non-hydrogen) atoms. The summed E-state index contributed by atoms with van der Waals surface area (Å²) in [6.45, 7) is 2.97. The van der Waals surface area contributed by atoms with E-state index in [2.05, 4.69) is 20.8 Å². The predicted molar refractivity (Wildman–Crippen MR) is 81.3 cm³/mol. The number of hydrogen-bond acceptors (Lipinski definition) is 8. The van der Waals surface area contributed by atoms with Crippen molar-refractivity contribution in [2.24, 2.45) is 0 Å². The average molecular weight is 408 g/mol. The molecule has 0 saturated carbocycles. The van der Waals surface area contributed by atoms with Gasteiger partial charge in [-0.1, -0.05) is 15.9 Å². The zero-order valence-electron chi connectivity index (χ0n) is 13.3. The normalized spacial score (nSPS) is 14.5. The van der Waals surface area contributed by atoms with Gasteiger partial charge < -0.3 is 14.3 Å². The minimum atomic E-state index is -0.886. The number of rotatable bonds is 8. The third kappa shape index (κ3) is 6.65. The number of amides is 2. The van der Waals surface area contributed by atoms with Crippen LogP contribution in [0.15, 0.2) is 0 Å². The molecule has 0 bridgehead atoms. The van der Waals surface area contributed by atoms with E-state index in [1.807, 2.05) is 0 Å². The lowest BCUT2D eigenvalue weighted by molar-refractivity contribution is -0.197. The third-order valence-corrected chi connectivity index (χ3v) is 3.12. The summed E-state index contributed by atoms with van der Waals surface area (Å²) in [4.78, 5) is 61.4. The van der Waals surface area contributed by atoms with E-state index in [1.54, 1.807) is 13.8 Å². The van der Waals surface area contributed by atoms with Crippen LogP contribution < -0.4 is 0 Å². The van der Waals surface area contributed by atoms with Crippen molar-refractivity contribution in [2.45, 2.75) is 43.9 Å². The van der Waals surface area contributed by atoms with Crippen molar-refractivity contribution >= 4 is 45.7 Å². The van der Waals surface area contributed by atoms with E-state index in [-0.39, 0.29) is 38.9 Å². The predicted octanol–water partition coefficient (Wildman–Crippen LogP) is 0.634. The number of ether oxygens (including phenoxy) is 2. The Kier molecular flexibility index (Phi) is 7.33. The number of esters is 2. The van der Waals surface area contributed by atoms with Crippen molar-refractivity contribution in [3.05, 3.63) is 0 Å².